The highest BCUT2D eigenvalue weighted by molar-refractivity contribution is 5.80. The van der Waals surface area contributed by atoms with Crippen LogP contribution in [0.2, 0.25) is 0 Å². The summed E-state index contributed by atoms with van der Waals surface area (Å²) < 4.78 is 36.0. The van der Waals surface area contributed by atoms with Crippen LogP contribution in [0, 0.1) is 11.6 Å². The Morgan fingerprint density at radius 2 is 1.90 bits per heavy atom. The Morgan fingerprint density at radius 3 is 2.71 bits per heavy atom. The second-order valence-electron chi connectivity index (χ2n) is 10.9. The van der Waals surface area contributed by atoms with Crippen LogP contribution in [0.15, 0.2) is 53.6 Å². The number of ether oxygens (including phenoxy) is 1. The van der Waals surface area contributed by atoms with Crippen molar-refractivity contribution < 1.29 is 13.5 Å². The van der Waals surface area contributed by atoms with E-state index in [0.29, 0.717) is 42.4 Å². The lowest BCUT2D eigenvalue weighted by molar-refractivity contribution is 0.157. The zero-order chi connectivity index (χ0) is 28.5. The fraction of sp³-hybridized carbons (Fsp3) is 0.387. The Hall–Kier alpha value is -4.05. The average molecular weight is 561 g/mol. The summed E-state index contributed by atoms with van der Waals surface area (Å²) in [7, 11) is 1.59. The van der Waals surface area contributed by atoms with Gasteiger partial charge in [-0.1, -0.05) is 0 Å². The number of benzene rings is 1. The first-order valence-electron chi connectivity index (χ1n) is 14.1. The number of anilines is 2. The lowest BCUT2D eigenvalue weighted by Gasteiger charge is -2.41. The van der Waals surface area contributed by atoms with Gasteiger partial charge in [0, 0.05) is 73.7 Å². The number of hydrogen-bond donors (Lipinski definition) is 1. The van der Waals surface area contributed by atoms with Crippen LogP contribution in [0.3, 0.4) is 0 Å². The number of nitrogen functional groups attached to an aromatic ring is 1. The van der Waals surface area contributed by atoms with Gasteiger partial charge in [0.15, 0.2) is 17.1 Å². The van der Waals surface area contributed by atoms with E-state index in [4.69, 9.17) is 10.5 Å². The third-order valence-electron chi connectivity index (χ3n) is 8.37. The fourth-order valence-electron chi connectivity index (χ4n) is 6.29. The van der Waals surface area contributed by atoms with Crippen molar-refractivity contribution in [2.75, 3.05) is 30.8 Å². The lowest BCUT2D eigenvalue weighted by atomic mass is 9.97. The number of rotatable bonds is 7. The van der Waals surface area contributed by atoms with E-state index in [-0.39, 0.29) is 16.9 Å². The molecule has 3 aromatic heterocycles. The third kappa shape index (κ3) is 5.48. The van der Waals surface area contributed by atoms with Crippen molar-refractivity contribution in [1.29, 1.82) is 0 Å². The minimum atomic E-state index is -1.00. The van der Waals surface area contributed by atoms with Crippen molar-refractivity contribution in [3.8, 4) is 5.88 Å². The highest BCUT2D eigenvalue weighted by atomic mass is 19.2. The SMILES string of the molecule is COc1cc(CN(Cc2c3n(c4cc(F)c(F)cc4c2=O)CCCC3)[C@H]2CCCN(c3ccc(N)nc3)C2)ccn1. The minimum absolute atomic E-state index is 0.129. The van der Waals surface area contributed by atoms with E-state index >= 15 is 0 Å². The number of methoxy groups -OCH3 is 1. The molecule has 6 rings (SSSR count). The smallest absolute Gasteiger partial charge is 0.213 e. The van der Waals surface area contributed by atoms with Gasteiger partial charge in [0.05, 0.1) is 24.5 Å². The van der Waals surface area contributed by atoms with Gasteiger partial charge in [-0.05, 0) is 61.9 Å². The normalized spacial score (nSPS) is 17.2. The summed E-state index contributed by atoms with van der Waals surface area (Å²) in [6, 6.07) is 10.0. The average Bonchev–Trinajstić information content (AvgIpc) is 3.00. The molecule has 0 amide bonds. The molecule has 214 valence electrons. The molecule has 0 spiro atoms. The molecule has 1 saturated heterocycles. The standard InChI is InChI=1S/C31H34F2N6O2/c1-41-30-13-20(9-10-35-30)17-38(22-5-4-11-37(18-22)21-7-8-29(34)36-16-21)19-24-27-6-2-3-12-39(27)28-15-26(33)25(32)14-23(28)31(24)40/h7-10,13-16,22H,2-6,11-12,17-19H2,1H3,(H2,34,36)/t22-/m0/s1. The number of fused-ring (bicyclic) bond motifs is 3. The Bertz CT molecular complexity index is 1620. The van der Waals surface area contributed by atoms with Crippen LogP contribution in [-0.4, -0.2) is 45.7 Å². The predicted molar refractivity (Wildman–Crippen MR) is 155 cm³/mol. The molecule has 10 heteroatoms. The molecule has 5 heterocycles. The number of aryl methyl sites for hydroxylation is 1. The van der Waals surface area contributed by atoms with E-state index in [1.807, 2.05) is 28.8 Å². The molecule has 41 heavy (non-hydrogen) atoms. The van der Waals surface area contributed by atoms with Gasteiger partial charge in [-0.2, -0.15) is 0 Å². The lowest BCUT2D eigenvalue weighted by Crippen LogP contribution is -2.48. The molecule has 0 radical (unpaired) electrons. The van der Waals surface area contributed by atoms with Crippen LogP contribution < -0.4 is 20.8 Å². The maximum absolute atomic E-state index is 14.4. The summed E-state index contributed by atoms with van der Waals surface area (Å²) in [5, 5.41) is 0.230. The highest BCUT2D eigenvalue weighted by Crippen LogP contribution is 2.29. The number of piperidine rings is 1. The number of nitrogens with two attached hydrogens (primary N) is 1. The summed E-state index contributed by atoms with van der Waals surface area (Å²) in [6.07, 6.45) is 8.06. The number of aromatic nitrogens is 3. The first-order valence-corrected chi connectivity index (χ1v) is 14.1. The maximum atomic E-state index is 14.4. The van der Waals surface area contributed by atoms with Gasteiger partial charge >= 0.3 is 0 Å². The summed E-state index contributed by atoms with van der Waals surface area (Å²) >= 11 is 0. The molecule has 8 nitrogen and oxygen atoms in total. The summed E-state index contributed by atoms with van der Waals surface area (Å²) in [4.78, 5) is 27.1. The molecule has 0 bridgehead atoms. The van der Waals surface area contributed by atoms with Crippen LogP contribution in [-0.2, 0) is 26.1 Å². The summed E-state index contributed by atoms with van der Waals surface area (Å²) in [5.41, 5.74) is 9.69. The Balaban J connectivity index is 1.41. The fourth-order valence-corrected chi connectivity index (χ4v) is 6.29. The van der Waals surface area contributed by atoms with E-state index in [1.54, 1.807) is 19.5 Å². The van der Waals surface area contributed by atoms with Crippen LogP contribution in [0.1, 0.15) is 42.5 Å². The van der Waals surface area contributed by atoms with Gasteiger partial charge in [-0.25, -0.2) is 18.7 Å². The Kier molecular flexibility index (Phi) is 7.57. The molecule has 0 saturated carbocycles. The first-order chi connectivity index (χ1) is 19.9. The van der Waals surface area contributed by atoms with E-state index < -0.39 is 11.6 Å². The topological polar surface area (TPSA) is 89.5 Å². The molecule has 1 aromatic carbocycles. The second-order valence-corrected chi connectivity index (χ2v) is 10.9. The van der Waals surface area contributed by atoms with Crippen LogP contribution in [0.25, 0.3) is 10.9 Å². The maximum Gasteiger partial charge on any atom is 0.213 e. The van der Waals surface area contributed by atoms with Crippen molar-refractivity contribution in [2.45, 2.75) is 57.8 Å². The largest absolute Gasteiger partial charge is 0.481 e. The molecular weight excluding hydrogens is 526 g/mol. The number of halogens is 2. The Morgan fingerprint density at radius 1 is 1.05 bits per heavy atom. The van der Waals surface area contributed by atoms with Crippen molar-refractivity contribution in [3.63, 3.8) is 0 Å². The van der Waals surface area contributed by atoms with Gasteiger partial charge < -0.3 is 19.9 Å². The van der Waals surface area contributed by atoms with E-state index in [1.165, 1.54) is 6.07 Å². The molecule has 1 fully saturated rings. The molecule has 0 unspecified atom stereocenters. The van der Waals surface area contributed by atoms with Crippen molar-refractivity contribution in [2.24, 2.45) is 0 Å². The summed E-state index contributed by atoms with van der Waals surface area (Å²) in [6.45, 7) is 3.30. The molecule has 4 aromatic rings. The van der Waals surface area contributed by atoms with Crippen LogP contribution in [0.4, 0.5) is 20.3 Å². The monoisotopic (exact) mass is 560 g/mol. The molecule has 2 N–H and O–H groups in total. The minimum Gasteiger partial charge on any atom is -0.481 e. The van der Waals surface area contributed by atoms with Crippen LogP contribution in [0.5, 0.6) is 5.88 Å². The molecule has 2 aliphatic heterocycles. The highest BCUT2D eigenvalue weighted by Gasteiger charge is 2.29. The van der Waals surface area contributed by atoms with Gasteiger partial charge in [-0.3, -0.25) is 9.69 Å². The van der Waals surface area contributed by atoms with E-state index in [9.17, 15) is 13.6 Å². The quantitative estimate of drug-likeness (QED) is 0.352. The Labute approximate surface area is 237 Å². The van der Waals surface area contributed by atoms with Gasteiger partial charge in [0.1, 0.15) is 5.82 Å². The third-order valence-corrected chi connectivity index (χ3v) is 8.37. The molecule has 1 atom stereocenters. The van der Waals surface area contributed by atoms with E-state index in [2.05, 4.69) is 19.8 Å². The zero-order valence-electron chi connectivity index (χ0n) is 23.2. The molecular formula is C31H34F2N6O2. The second kappa shape index (κ2) is 11.4. The van der Waals surface area contributed by atoms with Gasteiger partial charge in [0.25, 0.3) is 0 Å². The van der Waals surface area contributed by atoms with Gasteiger partial charge in [0.2, 0.25) is 5.88 Å². The number of pyridine rings is 3. The number of nitrogens with zero attached hydrogens (tertiary/aromatic N) is 5. The molecule has 2 aliphatic rings. The number of hydrogen-bond acceptors (Lipinski definition) is 7. The first kappa shape index (κ1) is 27.1. The van der Waals surface area contributed by atoms with Gasteiger partial charge in [-0.15, -0.1) is 0 Å². The molecule has 0 aliphatic carbocycles. The van der Waals surface area contributed by atoms with Crippen LogP contribution >= 0.6 is 0 Å². The summed E-state index contributed by atoms with van der Waals surface area (Å²) in [5.74, 6) is -0.926. The predicted octanol–water partition coefficient (Wildman–Crippen LogP) is 4.67. The van der Waals surface area contributed by atoms with Crippen molar-refractivity contribution in [1.82, 2.24) is 19.4 Å². The van der Waals surface area contributed by atoms with Crippen molar-refractivity contribution >= 4 is 22.4 Å². The zero-order valence-corrected chi connectivity index (χ0v) is 23.2. The van der Waals surface area contributed by atoms with E-state index in [0.717, 1.165) is 68.2 Å². The van der Waals surface area contributed by atoms with Crippen molar-refractivity contribution in [3.05, 3.63) is 87.5 Å².